The van der Waals surface area contributed by atoms with E-state index in [0.717, 1.165) is 55.5 Å². The summed E-state index contributed by atoms with van der Waals surface area (Å²) in [5, 5.41) is 7.02. The van der Waals surface area contributed by atoms with E-state index in [4.69, 9.17) is 4.42 Å². The summed E-state index contributed by atoms with van der Waals surface area (Å²) in [5.74, 6) is 0. The zero-order valence-corrected chi connectivity index (χ0v) is 28.4. The molecule has 0 spiro atoms. The van der Waals surface area contributed by atoms with Gasteiger partial charge in [0.15, 0.2) is 0 Å². The van der Waals surface area contributed by atoms with Crippen LogP contribution in [-0.4, -0.2) is 0 Å². The molecule has 0 bridgehead atoms. The molecule has 0 unspecified atom stereocenters. The van der Waals surface area contributed by atoms with E-state index in [0.29, 0.717) is 0 Å². The van der Waals surface area contributed by atoms with Gasteiger partial charge in [0.25, 0.3) is 0 Å². The molecule has 0 radical (unpaired) electrons. The van der Waals surface area contributed by atoms with E-state index in [1.165, 1.54) is 38.4 Å². The van der Waals surface area contributed by atoms with Crippen molar-refractivity contribution in [2.24, 2.45) is 0 Å². The van der Waals surface area contributed by atoms with Crippen molar-refractivity contribution < 1.29 is 4.42 Å². The van der Waals surface area contributed by atoms with E-state index in [-0.39, 0.29) is 0 Å². The summed E-state index contributed by atoms with van der Waals surface area (Å²) in [7, 11) is 0. The van der Waals surface area contributed by atoms with Gasteiger partial charge >= 0.3 is 0 Å². The monoisotopic (exact) mass is 663 g/mol. The minimum atomic E-state index is 0.859. The molecule has 9 aromatic carbocycles. The smallest absolute Gasteiger partial charge is 0.143 e. The van der Waals surface area contributed by atoms with E-state index in [1.54, 1.807) is 0 Å². The first-order valence-electron chi connectivity index (χ1n) is 17.8. The lowest BCUT2D eigenvalue weighted by molar-refractivity contribution is 0.673. The van der Waals surface area contributed by atoms with Crippen LogP contribution in [0.4, 0.5) is 17.1 Å². The van der Waals surface area contributed by atoms with Crippen molar-refractivity contribution in [1.82, 2.24) is 0 Å². The molecule has 2 heteroatoms. The van der Waals surface area contributed by atoms with Crippen LogP contribution in [0.25, 0.3) is 76.9 Å². The van der Waals surface area contributed by atoms with E-state index >= 15 is 0 Å². The van der Waals surface area contributed by atoms with Crippen molar-refractivity contribution in [3.05, 3.63) is 200 Å². The van der Waals surface area contributed by atoms with E-state index in [2.05, 4.69) is 205 Å². The Morgan fingerprint density at radius 1 is 0.327 bits per heavy atom. The Labute approximate surface area is 302 Å². The van der Waals surface area contributed by atoms with Gasteiger partial charge in [-0.15, -0.1) is 0 Å². The van der Waals surface area contributed by atoms with Gasteiger partial charge in [0.05, 0.1) is 5.69 Å². The molecule has 2 nitrogen and oxygen atoms in total. The fourth-order valence-electron chi connectivity index (χ4n) is 7.77. The van der Waals surface area contributed by atoms with Crippen molar-refractivity contribution in [3.63, 3.8) is 0 Å². The molecule has 10 aromatic rings. The average Bonchev–Trinajstić information content (AvgIpc) is 3.61. The molecule has 0 aliphatic heterocycles. The molecule has 0 atom stereocenters. The lowest BCUT2D eigenvalue weighted by Gasteiger charge is -2.28. The zero-order chi connectivity index (χ0) is 34.4. The van der Waals surface area contributed by atoms with Crippen LogP contribution in [0.5, 0.6) is 0 Å². The SMILES string of the molecule is c1ccc(-c2ccc(N(c3ccc(-c4ccccc4)cc3)c3cc4oc5c6ccccc6c6ccccc6c5c4cc3-c3ccccc3)cc2)cc1. The zero-order valence-electron chi connectivity index (χ0n) is 28.4. The topological polar surface area (TPSA) is 16.4 Å². The maximum Gasteiger partial charge on any atom is 0.143 e. The number of benzene rings is 9. The van der Waals surface area contributed by atoms with Gasteiger partial charge in [-0.25, -0.2) is 0 Å². The van der Waals surface area contributed by atoms with Crippen molar-refractivity contribution in [2.45, 2.75) is 0 Å². The minimum Gasteiger partial charge on any atom is -0.455 e. The highest BCUT2D eigenvalue weighted by Crippen LogP contribution is 2.47. The lowest BCUT2D eigenvalue weighted by atomic mass is 9.94. The second kappa shape index (κ2) is 12.5. The number of hydrogen-bond acceptors (Lipinski definition) is 2. The molecule has 0 amide bonds. The quantitative estimate of drug-likeness (QED) is 0.165. The van der Waals surface area contributed by atoms with Gasteiger partial charge in [0.1, 0.15) is 11.2 Å². The minimum absolute atomic E-state index is 0.859. The Morgan fingerprint density at radius 2 is 0.750 bits per heavy atom. The Kier molecular flexibility index (Phi) is 7.18. The summed E-state index contributed by atoms with van der Waals surface area (Å²) in [6.07, 6.45) is 0. The normalized spacial score (nSPS) is 11.5. The Hall–Kier alpha value is -6.90. The van der Waals surface area contributed by atoms with Gasteiger partial charge in [-0.05, 0) is 74.3 Å². The van der Waals surface area contributed by atoms with Crippen molar-refractivity contribution in [3.8, 4) is 33.4 Å². The average molecular weight is 664 g/mol. The molecular weight excluding hydrogens is 631 g/mol. The fourth-order valence-corrected chi connectivity index (χ4v) is 7.77. The number of nitrogens with zero attached hydrogens (tertiary/aromatic N) is 1. The number of fused-ring (bicyclic) bond motifs is 8. The van der Waals surface area contributed by atoms with Crippen molar-refractivity contribution >= 4 is 60.5 Å². The summed E-state index contributed by atoms with van der Waals surface area (Å²) >= 11 is 0. The molecule has 1 aromatic heterocycles. The largest absolute Gasteiger partial charge is 0.455 e. The van der Waals surface area contributed by atoms with E-state index in [9.17, 15) is 0 Å². The molecule has 0 fully saturated rings. The molecule has 1 heterocycles. The first kappa shape index (κ1) is 30.0. The van der Waals surface area contributed by atoms with Crippen molar-refractivity contribution in [2.75, 3.05) is 4.90 Å². The van der Waals surface area contributed by atoms with Gasteiger partial charge in [0, 0.05) is 39.2 Å². The van der Waals surface area contributed by atoms with Crippen LogP contribution in [0, 0.1) is 0 Å². The third-order valence-electron chi connectivity index (χ3n) is 10.3. The van der Waals surface area contributed by atoms with Crippen LogP contribution in [0.3, 0.4) is 0 Å². The summed E-state index contributed by atoms with van der Waals surface area (Å²) in [6.45, 7) is 0. The molecule has 0 aliphatic rings. The number of rotatable bonds is 6. The maximum atomic E-state index is 6.95. The highest BCUT2D eigenvalue weighted by atomic mass is 16.3. The third kappa shape index (κ3) is 5.04. The summed E-state index contributed by atoms with van der Waals surface area (Å²) in [6, 6.07) is 71.5. The Balaban J connectivity index is 1.25. The van der Waals surface area contributed by atoms with Crippen LogP contribution in [0.1, 0.15) is 0 Å². The van der Waals surface area contributed by atoms with Crippen LogP contribution in [0.2, 0.25) is 0 Å². The van der Waals surface area contributed by atoms with Crippen molar-refractivity contribution in [1.29, 1.82) is 0 Å². The van der Waals surface area contributed by atoms with Gasteiger partial charge in [-0.3, -0.25) is 0 Å². The predicted octanol–water partition coefficient (Wildman–Crippen LogP) is 14.4. The van der Waals surface area contributed by atoms with Crippen LogP contribution in [0.15, 0.2) is 205 Å². The van der Waals surface area contributed by atoms with Gasteiger partial charge < -0.3 is 9.32 Å². The van der Waals surface area contributed by atoms with Crippen LogP contribution in [-0.2, 0) is 0 Å². The second-order valence-corrected chi connectivity index (χ2v) is 13.3. The number of furan rings is 1. The molecule has 244 valence electrons. The Bertz CT molecular complexity index is 2770. The number of hydrogen-bond donors (Lipinski definition) is 0. The number of anilines is 3. The summed E-state index contributed by atoms with van der Waals surface area (Å²) < 4.78 is 6.95. The molecule has 0 N–H and O–H groups in total. The summed E-state index contributed by atoms with van der Waals surface area (Å²) in [5.41, 5.74) is 12.0. The molecule has 0 saturated carbocycles. The molecule has 0 aliphatic carbocycles. The Morgan fingerprint density at radius 3 is 1.29 bits per heavy atom. The maximum absolute atomic E-state index is 6.95. The first-order chi connectivity index (χ1) is 25.8. The van der Waals surface area contributed by atoms with Gasteiger partial charge in [0.2, 0.25) is 0 Å². The third-order valence-corrected chi connectivity index (χ3v) is 10.3. The second-order valence-electron chi connectivity index (χ2n) is 13.3. The molecular formula is C50H33NO. The summed E-state index contributed by atoms with van der Waals surface area (Å²) in [4.78, 5) is 2.37. The highest BCUT2D eigenvalue weighted by molar-refractivity contribution is 6.30. The molecule has 52 heavy (non-hydrogen) atoms. The standard InChI is InChI=1S/C50H33NO/c1-4-14-34(15-5-1)36-24-28-39(29-25-36)51(40-30-26-37(27-31-40)35-16-6-2-7-17-35)47-33-48-46(32-45(47)38-18-8-3-9-19-38)49-43-22-12-10-20-41(43)42-21-11-13-23-44(42)50(49)52-48/h1-33H. The van der Waals surface area contributed by atoms with Gasteiger partial charge in [-0.1, -0.05) is 164 Å². The van der Waals surface area contributed by atoms with Crippen LogP contribution >= 0.6 is 0 Å². The van der Waals surface area contributed by atoms with E-state index < -0.39 is 0 Å². The molecule has 0 saturated heterocycles. The lowest BCUT2D eigenvalue weighted by Crippen LogP contribution is -2.11. The highest BCUT2D eigenvalue weighted by Gasteiger charge is 2.23. The molecule has 10 rings (SSSR count). The van der Waals surface area contributed by atoms with Crippen LogP contribution < -0.4 is 4.90 Å². The first-order valence-corrected chi connectivity index (χ1v) is 17.8. The fraction of sp³-hybridized carbons (Fsp3) is 0. The predicted molar refractivity (Wildman–Crippen MR) is 220 cm³/mol. The van der Waals surface area contributed by atoms with Gasteiger partial charge in [-0.2, -0.15) is 0 Å². The van der Waals surface area contributed by atoms with E-state index in [1.807, 2.05) is 0 Å².